The third-order valence-electron chi connectivity index (χ3n) is 4.17. The number of carbonyl (C=O) groups is 1. The summed E-state index contributed by atoms with van der Waals surface area (Å²) in [6.45, 7) is 4.35. The van der Waals surface area contributed by atoms with Crippen molar-refractivity contribution in [3.05, 3.63) is 0 Å². The Morgan fingerprint density at radius 1 is 1.37 bits per heavy atom. The quantitative estimate of drug-likeness (QED) is 0.779. The van der Waals surface area contributed by atoms with E-state index in [2.05, 4.69) is 19.2 Å². The molecule has 0 aromatic rings. The summed E-state index contributed by atoms with van der Waals surface area (Å²) < 4.78 is 22.1. The summed E-state index contributed by atoms with van der Waals surface area (Å²) in [7, 11) is -3.07. The Hall–Kier alpha value is -0.620. The Bertz CT molecular complexity index is 408. The molecule has 0 aliphatic heterocycles. The van der Waals surface area contributed by atoms with E-state index in [4.69, 9.17) is 5.73 Å². The van der Waals surface area contributed by atoms with Crippen LogP contribution >= 0.6 is 0 Å². The molecular formula is C13H26N2O3S. The van der Waals surface area contributed by atoms with Crippen LogP contribution in [0.25, 0.3) is 0 Å². The summed E-state index contributed by atoms with van der Waals surface area (Å²) in [6.07, 6.45) is 4.64. The summed E-state index contributed by atoms with van der Waals surface area (Å²) in [5.41, 5.74) is 5.75. The van der Waals surface area contributed by atoms with Gasteiger partial charge in [-0.25, -0.2) is 8.42 Å². The van der Waals surface area contributed by atoms with Crippen LogP contribution in [0.4, 0.5) is 0 Å². The number of hydrogen-bond donors (Lipinski definition) is 2. The summed E-state index contributed by atoms with van der Waals surface area (Å²) in [4.78, 5) is 11.9. The maximum absolute atomic E-state index is 11.9. The van der Waals surface area contributed by atoms with Crippen molar-refractivity contribution in [2.45, 2.75) is 51.6 Å². The van der Waals surface area contributed by atoms with Gasteiger partial charge in [-0.3, -0.25) is 4.79 Å². The lowest BCUT2D eigenvalue weighted by Crippen LogP contribution is -2.50. The molecule has 0 heterocycles. The number of amides is 1. The largest absolute Gasteiger partial charge is 0.352 e. The van der Waals surface area contributed by atoms with E-state index in [-0.39, 0.29) is 24.1 Å². The molecule has 4 unspecified atom stereocenters. The van der Waals surface area contributed by atoms with Gasteiger partial charge in [0.25, 0.3) is 0 Å². The van der Waals surface area contributed by atoms with Crippen molar-refractivity contribution in [1.29, 1.82) is 0 Å². The molecule has 3 N–H and O–H groups in total. The monoisotopic (exact) mass is 290 g/mol. The lowest BCUT2D eigenvalue weighted by atomic mass is 9.78. The van der Waals surface area contributed by atoms with Crippen molar-refractivity contribution in [3.8, 4) is 0 Å². The Morgan fingerprint density at radius 2 is 2.00 bits per heavy atom. The number of rotatable bonds is 5. The summed E-state index contributed by atoms with van der Waals surface area (Å²) in [5, 5.41) is 2.98. The second-order valence-corrected chi connectivity index (χ2v) is 8.17. The van der Waals surface area contributed by atoms with Crippen LogP contribution in [0, 0.1) is 11.8 Å². The summed E-state index contributed by atoms with van der Waals surface area (Å²) in [6, 6.07) is -0.570. The third-order valence-corrected chi connectivity index (χ3v) is 5.15. The van der Waals surface area contributed by atoms with Gasteiger partial charge in [-0.05, 0) is 24.7 Å². The van der Waals surface area contributed by atoms with E-state index >= 15 is 0 Å². The summed E-state index contributed by atoms with van der Waals surface area (Å²) in [5.74, 6) is 0.777. The predicted octanol–water partition coefficient (Wildman–Crippen LogP) is 0.689. The van der Waals surface area contributed by atoms with Crippen molar-refractivity contribution in [2.75, 3.05) is 12.0 Å². The van der Waals surface area contributed by atoms with E-state index in [1.165, 1.54) is 6.42 Å². The average Bonchev–Trinajstić information content (AvgIpc) is 2.31. The second-order valence-electron chi connectivity index (χ2n) is 5.91. The van der Waals surface area contributed by atoms with Crippen LogP contribution in [0.2, 0.25) is 0 Å². The minimum atomic E-state index is -3.07. The average molecular weight is 290 g/mol. The fourth-order valence-corrected chi connectivity index (χ4v) is 3.23. The Balaban J connectivity index is 2.45. The van der Waals surface area contributed by atoms with Crippen molar-refractivity contribution < 1.29 is 13.2 Å². The fraction of sp³-hybridized carbons (Fsp3) is 0.923. The highest BCUT2D eigenvalue weighted by atomic mass is 32.2. The molecular weight excluding hydrogens is 264 g/mol. The first-order valence-corrected chi connectivity index (χ1v) is 9.00. The highest BCUT2D eigenvalue weighted by molar-refractivity contribution is 7.90. The predicted molar refractivity (Wildman–Crippen MR) is 76.4 cm³/mol. The number of sulfone groups is 1. The molecule has 1 amide bonds. The topological polar surface area (TPSA) is 89.3 Å². The standard InChI is InChI=1S/C13H26N2O3S/c1-9-5-4-6-12(10(9)2)15-13(16)11(14)7-8-19(3,17)18/h9-12H,4-8,14H2,1-3H3,(H,15,16). The highest BCUT2D eigenvalue weighted by Crippen LogP contribution is 2.29. The molecule has 6 heteroatoms. The molecule has 19 heavy (non-hydrogen) atoms. The normalized spacial score (nSPS) is 29.8. The van der Waals surface area contributed by atoms with E-state index in [1.807, 2.05) is 0 Å². The Labute approximate surface area is 116 Å². The van der Waals surface area contributed by atoms with E-state index < -0.39 is 15.9 Å². The minimum Gasteiger partial charge on any atom is -0.352 e. The van der Waals surface area contributed by atoms with Gasteiger partial charge in [0.15, 0.2) is 0 Å². The second kappa shape index (κ2) is 6.70. The Morgan fingerprint density at radius 3 is 2.58 bits per heavy atom. The first kappa shape index (κ1) is 16.4. The zero-order valence-electron chi connectivity index (χ0n) is 12.1. The number of nitrogens with two attached hydrogens (primary N) is 1. The van der Waals surface area contributed by atoms with Gasteiger partial charge >= 0.3 is 0 Å². The van der Waals surface area contributed by atoms with Crippen LogP contribution in [0.3, 0.4) is 0 Å². The van der Waals surface area contributed by atoms with Crippen molar-refractivity contribution >= 4 is 15.7 Å². The zero-order valence-corrected chi connectivity index (χ0v) is 12.9. The number of hydrogen-bond acceptors (Lipinski definition) is 4. The molecule has 5 nitrogen and oxygen atoms in total. The maximum atomic E-state index is 11.9. The van der Waals surface area contributed by atoms with Crippen molar-refractivity contribution in [2.24, 2.45) is 17.6 Å². The smallest absolute Gasteiger partial charge is 0.237 e. The molecule has 0 aromatic heterocycles. The van der Waals surface area contributed by atoms with Crippen molar-refractivity contribution in [3.63, 3.8) is 0 Å². The fourth-order valence-electron chi connectivity index (χ4n) is 2.55. The number of carbonyl (C=O) groups excluding carboxylic acids is 1. The highest BCUT2D eigenvalue weighted by Gasteiger charge is 2.29. The van der Waals surface area contributed by atoms with Crippen molar-refractivity contribution in [1.82, 2.24) is 5.32 Å². The van der Waals surface area contributed by atoms with Crippen LogP contribution in [-0.2, 0) is 14.6 Å². The van der Waals surface area contributed by atoms with E-state index in [9.17, 15) is 13.2 Å². The van der Waals surface area contributed by atoms with Gasteiger partial charge in [-0.2, -0.15) is 0 Å². The van der Waals surface area contributed by atoms with Gasteiger partial charge in [0, 0.05) is 12.3 Å². The van der Waals surface area contributed by atoms with Gasteiger partial charge in [-0.1, -0.05) is 26.7 Å². The van der Waals surface area contributed by atoms with Crippen LogP contribution in [-0.4, -0.2) is 38.4 Å². The van der Waals surface area contributed by atoms with Crippen LogP contribution in [0.5, 0.6) is 0 Å². The molecule has 0 radical (unpaired) electrons. The lowest BCUT2D eigenvalue weighted by Gasteiger charge is -2.35. The maximum Gasteiger partial charge on any atom is 0.237 e. The van der Waals surface area contributed by atoms with E-state index in [0.717, 1.165) is 19.1 Å². The molecule has 4 atom stereocenters. The zero-order chi connectivity index (χ0) is 14.6. The van der Waals surface area contributed by atoms with Crippen LogP contribution in [0.1, 0.15) is 39.5 Å². The van der Waals surface area contributed by atoms with Gasteiger partial charge in [-0.15, -0.1) is 0 Å². The molecule has 1 aliphatic rings. The van der Waals surface area contributed by atoms with Crippen LogP contribution < -0.4 is 11.1 Å². The molecule has 0 saturated heterocycles. The summed E-state index contributed by atoms with van der Waals surface area (Å²) >= 11 is 0. The third kappa shape index (κ3) is 5.48. The molecule has 1 aliphatic carbocycles. The van der Waals surface area contributed by atoms with Gasteiger partial charge in [0.2, 0.25) is 5.91 Å². The SMILES string of the molecule is CC1CCCC(NC(=O)C(N)CCS(C)(=O)=O)C1C. The molecule has 1 rings (SSSR count). The first-order chi connectivity index (χ1) is 8.70. The minimum absolute atomic E-state index is 0.0434. The van der Waals surface area contributed by atoms with Crippen LogP contribution in [0.15, 0.2) is 0 Å². The molecule has 112 valence electrons. The van der Waals surface area contributed by atoms with E-state index in [0.29, 0.717) is 11.8 Å². The molecule has 0 aromatic carbocycles. The molecule has 0 bridgehead atoms. The van der Waals surface area contributed by atoms with Gasteiger partial charge in [0.05, 0.1) is 11.8 Å². The Kier molecular flexibility index (Phi) is 5.80. The first-order valence-electron chi connectivity index (χ1n) is 6.94. The lowest BCUT2D eigenvalue weighted by molar-refractivity contribution is -0.123. The molecule has 1 saturated carbocycles. The number of nitrogens with one attached hydrogen (secondary N) is 1. The molecule has 0 spiro atoms. The van der Waals surface area contributed by atoms with Gasteiger partial charge < -0.3 is 11.1 Å². The van der Waals surface area contributed by atoms with E-state index in [1.54, 1.807) is 0 Å². The van der Waals surface area contributed by atoms with Gasteiger partial charge in [0.1, 0.15) is 9.84 Å². The molecule has 1 fully saturated rings.